The standard InChI is InChI=1S/C26H31N3O5/c30-24(11-15-34-23-9-2-1-3-10-23)29-12-5-7-21(19-29)25(31)27-22-8-4-6-20(18-22)26(32)28-13-16-33-17-14-28/h1-4,6,8-10,18,21H,5,7,11-17,19H2,(H,27,31). The molecule has 0 aromatic heterocycles. The maximum atomic E-state index is 12.9. The molecule has 2 aromatic carbocycles. The normalized spacial score (nSPS) is 18.3. The van der Waals surface area contributed by atoms with Gasteiger partial charge in [-0.25, -0.2) is 0 Å². The fourth-order valence-electron chi connectivity index (χ4n) is 4.27. The molecule has 0 spiro atoms. The lowest BCUT2D eigenvalue weighted by Crippen LogP contribution is -2.44. The van der Waals surface area contributed by atoms with Gasteiger partial charge < -0.3 is 24.6 Å². The third-order valence-electron chi connectivity index (χ3n) is 6.15. The number of nitrogens with one attached hydrogen (secondary N) is 1. The van der Waals surface area contributed by atoms with Crippen molar-refractivity contribution in [3.05, 3.63) is 60.2 Å². The van der Waals surface area contributed by atoms with Crippen LogP contribution in [0, 0.1) is 5.92 Å². The predicted molar refractivity (Wildman–Crippen MR) is 128 cm³/mol. The molecule has 2 aliphatic heterocycles. The molecule has 0 bridgehead atoms. The van der Waals surface area contributed by atoms with Gasteiger partial charge in [0.15, 0.2) is 0 Å². The van der Waals surface area contributed by atoms with E-state index in [1.807, 2.05) is 30.3 Å². The first-order valence-electron chi connectivity index (χ1n) is 11.8. The lowest BCUT2D eigenvalue weighted by molar-refractivity contribution is -0.135. The number of nitrogens with zero attached hydrogens (tertiary/aromatic N) is 2. The Morgan fingerprint density at radius 1 is 0.971 bits per heavy atom. The number of anilines is 1. The Morgan fingerprint density at radius 3 is 2.56 bits per heavy atom. The molecule has 2 aromatic rings. The summed E-state index contributed by atoms with van der Waals surface area (Å²) in [6, 6.07) is 16.4. The summed E-state index contributed by atoms with van der Waals surface area (Å²) in [5, 5.41) is 2.94. The van der Waals surface area contributed by atoms with E-state index >= 15 is 0 Å². The summed E-state index contributed by atoms with van der Waals surface area (Å²) in [4.78, 5) is 41.8. The number of carbonyl (C=O) groups excluding carboxylic acids is 3. The van der Waals surface area contributed by atoms with Gasteiger partial charge in [0.1, 0.15) is 5.75 Å². The van der Waals surface area contributed by atoms with E-state index in [0.717, 1.165) is 18.6 Å². The van der Waals surface area contributed by atoms with Gasteiger partial charge in [-0.05, 0) is 43.2 Å². The second kappa shape index (κ2) is 11.7. The van der Waals surface area contributed by atoms with Crippen molar-refractivity contribution in [3.63, 3.8) is 0 Å². The highest BCUT2D eigenvalue weighted by molar-refractivity contribution is 5.98. The lowest BCUT2D eigenvalue weighted by atomic mass is 9.96. The number of rotatable bonds is 7. The Hall–Kier alpha value is -3.39. The van der Waals surface area contributed by atoms with Crippen molar-refractivity contribution < 1.29 is 23.9 Å². The van der Waals surface area contributed by atoms with Crippen molar-refractivity contribution in [2.24, 2.45) is 5.92 Å². The molecule has 8 nitrogen and oxygen atoms in total. The smallest absolute Gasteiger partial charge is 0.254 e. The van der Waals surface area contributed by atoms with E-state index in [9.17, 15) is 14.4 Å². The maximum absolute atomic E-state index is 12.9. The second-order valence-electron chi connectivity index (χ2n) is 8.57. The molecule has 8 heteroatoms. The van der Waals surface area contributed by atoms with Crippen LogP contribution in [0.3, 0.4) is 0 Å². The van der Waals surface area contributed by atoms with Gasteiger partial charge in [0.25, 0.3) is 5.91 Å². The van der Waals surface area contributed by atoms with Crippen LogP contribution in [0.2, 0.25) is 0 Å². The lowest BCUT2D eigenvalue weighted by Gasteiger charge is -2.32. The van der Waals surface area contributed by atoms with Crippen LogP contribution >= 0.6 is 0 Å². The molecule has 2 saturated heterocycles. The molecule has 0 radical (unpaired) electrons. The number of morpholine rings is 1. The van der Waals surface area contributed by atoms with Gasteiger partial charge in [0, 0.05) is 37.4 Å². The van der Waals surface area contributed by atoms with Crippen LogP contribution in [0.15, 0.2) is 54.6 Å². The summed E-state index contributed by atoms with van der Waals surface area (Å²) in [5.74, 6) is 0.249. The molecular weight excluding hydrogens is 434 g/mol. The zero-order chi connectivity index (χ0) is 23.8. The van der Waals surface area contributed by atoms with Gasteiger partial charge in [0.2, 0.25) is 11.8 Å². The third kappa shape index (κ3) is 6.35. The molecule has 0 aliphatic carbocycles. The first-order valence-corrected chi connectivity index (χ1v) is 11.8. The van der Waals surface area contributed by atoms with Crippen LogP contribution in [0.1, 0.15) is 29.6 Å². The van der Waals surface area contributed by atoms with Crippen LogP contribution in [0.4, 0.5) is 5.69 Å². The van der Waals surface area contributed by atoms with Crippen LogP contribution in [-0.4, -0.2) is 73.5 Å². The highest BCUT2D eigenvalue weighted by Gasteiger charge is 2.28. The molecule has 4 rings (SSSR count). The minimum atomic E-state index is -0.286. The summed E-state index contributed by atoms with van der Waals surface area (Å²) in [5.41, 5.74) is 1.13. The van der Waals surface area contributed by atoms with Crippen LogP contribution in [0.25, 0.3) is 0 Å². The highest BCUT2D eigenvalue weighted by atomic mass is 16.5. The predicted octanol–water partition coefficient (Wildman–Crippen LogP) is 2.81. The minimum absolute atomic E-state index is 0.00784. The molecular formula is C26H31N3O5. The average Bonchev–Trinajstić information content (AvgIpc) is 2.89. The number of benzene rings is 2. The van der Waals surface area contributed by atoms with E-state index in [1.165, 1.54) is 0 Å². The van der Waals surface area contributed by atoms with Gasteiger partial charge in [-0.3, -0.25) is 14.4 Å². The quantitative estimate of drug-likeness (QED) is 0.679. The number of hydrogen-bond donors (Lipinski definition) is 1. The third-order valence-corrected chi connectivity index (χ3v) is 6.15. The number of amides is 3. The van der Waals surface area contributed by atoms with Gasteiger partial charge in [-0.2, -0.15) is 0 Å². The van der Waals surface area contributed by atoms with E-state index in [1.54, 1.807) is 34.1 Å². The van der Waals surface area contributed by atoms with Crippen molar-refractivity contribution in [2.75, 3.05) is 51.3 Å². The molecule has 2 heterocycles. The van der Waals surface area contributed by atoms with Crippen molar-refractivity contribution in [3.8, 4) is 5.75 Å². The summed E-state index contributed by atoms with van der Waals surface area (Å²) < 4.78 is 10.9. The summed E-state index contributed by atoms with van der Waals surface area (Å²) in [7, 11) is 0. The van der Waals surface area contributed by atoms with Crippen molar-refractivity contribution >= 4 is 23.4 Å². The van der Waals surface area contributed by atoms with Gasteiger partial charge >= 0.3 is 0 Å². The van der Waals surface area contributed by atoms with Crippen LogP contribution in [0.5, 0.6) is 5.75 Å². The first kappa shape index (κ1) is 23.8. The van der Waals surface area contributed by atoms with Crippen LogP contribution < -0.4 is 10.1 Å². The largest absolute Gasteiger partial charge is 0.493 e. The number of ether oxygens (including phenoxy) is 2. The summed E-state index contributed by atoms with van der Waals surface area (Å²) in [6.07, 6.45) is 1.77. The Labute approximate surface area is 199 Å². The molecule has 3 amide bonds. The molecule has 1 N–H and O–H groups in total. The molecule has 1 atom stereocenters. The number of hydrogen-bond acceptors (Lipinski definition) is 5. The monoisotopic (exact) mass is 465 g/mol. The Bertz CT molecular complexity index is 991. The van der Waals surface area contributed by atoms with Crippen molar-refractivity contribution in [1.82, 2.24) is 9.80 Å². The fourth-order valence-corrected chi connectivity index (χ4v) is 4.27. The number of piperidine rings is 1. The van der Waals surface area contributed by atoms with E-state index < -0.39 is 0 Å². The topological polar surface area (TPSA) is 88.2 Å². The Kier molecular flexibility index (Phi) is 8.14. The Morgan fingerprint density at radius 2 is 1.76 bits per heavy atom. The maximum Gasteiger partial charge on any atom is 0.254 e. The van der Waals surface area contributed by atoms with E-state index in [4.69, 9.17) is 9.47 Å². The highest BCUT2D eigenvalue weighted by Crippen LogP contribution is 2.21. The molecule has 2 fully saturated rings. The molecule has 180 valence electrons. The zero-order valence-corrected chi connectivity index (χ0v) is 19.3. The number of carbonyl (C=O) groups is 3. The summed E-state index contributed by atoms with van der Waals surface area (Å²) >= 11 is 0. The van der Waals surface area contributed by atoms with Crippen molar-refractivity contribution in [2.45, 2.75) is 19.3 Å². The van der Waals surface area contributed by atoms with Crippen LogP contribution in [-0.2, 0) is 14.3 Å². The fraction of sp³-hybridized carbons (Fsp3) is 0.423. The van der Waals surface area contributed by atoms with E-state index in [0.29, 0.717) is 57.3 Å². The van der Waals surface area contributed by atoms with E-state index in [2.05, 4.69) is 5.32 Å². The SMILES string of the molecule is O=C(Nc1cccc(C(=O)N2CCOCC2)c1)C1CCCN(C(=O)CCOc2ccccc2)C1. The molecule has 34 heavy (non-hydrogen) atoms. The molecule has 2 aliphatic rings. The van der Waals surface area contributed by atoms with Gasteiger partial charge in [-0.15, -0.1) is 0 Å². The second-order valence-corrected chi connectivity index (χ2v) is 8.57. The molecule has 0 saturated carbocycles. The number of likely N-dealkylation sites (tertiary alicyclic amines) is 1. The van der Waals surface area contributed by atoms with Crippen molar-refractivity contribution in [1.29, 1.82) is 0 Å². The Balaban J connectivity index is 1.28. The minimum Gasteiger partial charge on any atom is -0.493 e. The van der Waals surface area contributed by atoms with Gasteiger partial charge in [0.05, 0.1) is 32.2 Å². The van der Waals surface area contributed by atoms with Gasteiger partial charge in [-0.1, -0.05) is 24.3 Å². The summed E-state index contributed by atoms with van der Waals surface area (Å²) in [6.45, 7) is 3.56. The zero-order valence-electron chi connectivity index (χ0n) is 19.3. The number of para-hydroxylation sites is 1. The average molecular weight is 466 g/mol. The van der Waals surface area contributed by atoms with E-state index in [-0.39, 0.29) is 30.1 Å². The molecule has 1 unspecified atom stereocenters. The first-order chi connectivity index (χ1) is 16.6.